The monoisotopic (exact) mass is 634 g/mol. The number of hydrogen-bond donors (Lipinski definition) is 1. The van der Waals surface area contributed by atoms with Gasteiger partial charge in [-0.1, -0.05) is 6.58 Å². The molecule has 5 heterocycles. The Morgan fingerprint density at radius 3 is 1.98 bits per heavy atom. The number of pyridine rings is 4. The zero-order chi connectivity index (χ0) is 32.7. The van der Waals surface area contributed by atoms with E-state index < -0.39 is 72.7 Å². The predicted molar refractivity (Wildman–Crippen MR) is 150 cm³/mol. The van der Waals surface area contributed by atoms with E-state index in [1.807, 2.05) is 0 Å². The zero-order valence-corrected chi connectivity index (χ0v) is 23.7. The molecule has 0 spiro atoms. The number of nitrogens with zero attached hydrogens (tertiary/aromatic N) is 4. The van der Waals surface area contributed by atoms with E-state index in [-0.39, 0.29) is 22.4 Å². The van der Waals surface area contributed by atoms with Crippen molar-refractivity contribution in [3.05, 3.63) is 126 Å². The summed E-state index contributed by atoms with van der Waals surface area (Å²) >= 11 is 0. The molecule has 4 aromatic rings. The third kappa shape index (κ3) is 7.17. The van der Waals surface area contributed by atoms with Crippen LogP contribution in [0.3, 0.4) is 0 Å². The third-order valence-electron chi connectivity index (χ3n) is 6.61. The van der Waals surface area contributed by atoms with Crippen molar-refractivity contribution in [3.8, 4) is 0 Å². The lowest BCUT2D eigenvalue weighted by molar-refractivity contribution is -0.246. The van der Waals surface area contributed by atoms with E-state index in [1.165, 1.54) is 73.4 Å². The van der Waals surface area contributed by atoms with Crippen molar-refractivity contribution < 1.29 is 52.0 Å². The molecule has 0 radical (unpaired) electrons. The Hall–Kier alpha value is -5.67. The average molecular weight is 635 g/mol. The molecule has 46 heavy (non-hydrogen) atoms. The summed E-state index contributed by atoms with van der Waals surface area (Å²) in [5, 5.41) is 11.8. The van der Waals surface area contributed by atoms with E-state index in [9.17, 15) is 28.3 Å². The fraction of sp³-hybridized carbons (Fsp3) is 0.194. The number of rotatable bonds is 11. The van der Waals surface area contributed by atoms with E-state index in [2.05, 4.69) is 26.5 Å². The number of halogens is 2. The molecule has 1 fully saturated rings. The van der Waals surface area contributed by atoms with Gasteiger partial charge >= 0.3 is 17.9 Å². The summed E-state index contributed by atoms with van der Waals surface area (Å²) in [6, 6.07) is 10.9. The van der Waals surface area contributed by atoms with Crippen molar-refractivity contribution in [1.82, 2.24) is 19.9 Å². The van der Waals surface area contributed by atoms with Crippen molar-refractivity contribution in [2.45, 2.75) is 24.1 Å². The van der Waals surface area contributed by atoms with E-state index in [4.69, 9.17) is 23.7 Å². The Morgan fingerprint density at radius 1 is 0.804 bits per heavy atom. The van der Waals surface area contributed by atoms with Crippen LogP contribution in [0.25, 0.3) is 5.76 Å². The average Bonchev–Trinajstić information content (AvgIpc) is 3.33. The first-order valence-corrected chi connectivity index (χ1v) is 13.5. The topological polar surface area (TPSA) is 169 Å². The maximum Gasteiger partial charge on any atom is 0.343 e. The molecule has 1 N–H and O–H groups in total. The maximum atomic E-state index is 14.4. The zero-order valence-electron chi connectivity index (χ0n) is 23.7. The fourth-order valence-electron chi connectivity index (χ4n) is 4.37. The van der Waals surface area contributed by atoms with Crippen LogP contribution in [0.4, 0.5) is 8.78 Å². The second kappa shape index (κ2) is 14.0. The summed E-state index contributed by atoms with van der Waals surface area (Å²) in [4.78, 5) is 53.6. The summed E-state index contributed by atoms with van der Waals surface area (Å²) in [6.07, 6.45) is 2.44. The van der Waals surface area contributed by atoms with Gasteiger partial charge in [-0.3, -0.25) is 9.97 Å². The number of carbonyl (C=O) groups is 3. The Morgan fingerprint density at radius 2 is 1.39 bits per heavy atom. The van der Waals surface area contributed by atoms with Crippen LogP contribution in [0.2, 0.25) is 0 Å². The van der Waals surface area contributed by atoms with E-state index in [0.29, 0.717) is 0 Å². The number of hydrogen-bond acceptors (Lipinski definition) is 13. The minimum absolute atomic E-state index is 0.0533. The highest BCUT2D eigenvalue weighted by atomic mass is 19.1. The van der Waals surface area contributed by atoms with Crippen LogP contribution in [-0.4, -0.2) is 80.3 Å². The molecule has 0 aromatic carbocycles. The van der Waals surface area contributed by atoms with Crippen molar-refractivity contribution in [1.29, 1.82) is 0 Å². The predicted octanol–water partition coefficient (Wildman–Crippen LogP) is 2.93. The quantitative estimate of drug-likeness (QED) is 0.111. The molecular formula is C31H24F2N4O9. The molecule has 4 atom stereocenters. The van der Waals surface area contributed by atoms with Crippen LogP contribution >= 0.6 is 0 Å². The van der Waals surface area contributed by atoms with Crippen LogP contribution in [0.1, 0.15) is 36.6 Å². The molecule has 0 aliphatic carbocycles. The van der Waals surface area contributed by atoms with Gasteiger partial charge in [0.2, 0.25) is 17.7 Å². The van der Waals surface area contributed by atoms with Gasteiger partial charge in [0.15, 0.2) is 12.2 Å². The Balaban J connectivity index is 1.47. The number of esters is 3. The molecule has 15 heteroatoms. The van der Waals surface area contributed by atoms with Gasteiger partial charge in [-0.2, -0.15) is 8.78 Å². The molecule has 0 unspecified atom stereocenters. The van der Waals surface area contributed by atoms with Crippen LogP contribution in [0.15, 0.2) is 92.3 Å². The molecule has 1 aliphatic heterocycles. The number of aliphatic hydroxyl groups is 1. The molecule has 1 saturated heterocycles. The summed E-state index contributed by atoms with van der Waals surface area (Å²) in [6.45, 7) is 2.11. The molecule has 5 rings (SSSR count). The fourth-order valence-corrected chi connectivity index (χ4v) is 4.37. The van der Waals surface area contributed by atoms with Crippen LogP contribution in [0.5, 0.6) is 0 Å². The Kier molecular flexibility index (Phi) is 9.64. The molecule has 4 aromatic heterocycles. The number of ether oxygens (including phenoxy) is 5. The van der Waals surface area contributed by atoms with Crippen molar-refractivity contribution in [2.75, 3.05) is 13.2 Å². The minimum Gasteiger partial charge on any atom is -0.488 e. The van der Waals surface area contributed by atoms with E-state index in [0.717, 1.165) is 12.3 Å². The van der Waals surface area contributed by atoms with Gasteiger partial charge in [0, 0.05) is 37.2 Å². The standard InChI is InChI=1S/C31H24F2N4O9/c1-18(21-8-4-12-36-26(21)32)43-17-31(41)25(45-29(39)20-7-3-11-35-15-20)24(44-30(40)22-9-5-13-37-27(22)33)23(46-31)16-42-28(38)19-6-2-10-34-14-19/h2-15,23-25,41H,1,16-17H2/t23-,24-,25+,31-/m1/s1. The van der Waals surface area contributed by atoms with Crippen LogP contribution in [-0.2, 0) is 23.7 Å². The SMILES string of the molecule is C=C(OC[C@@]1(O)O[C@H](COC(=O)c2cccnc2)[C@@H](OC(=O)c2cccnc2F)[C@@H]1OC(=O)c1cccnc1)c1cccnc1F. The van der Waals surface area contributed by atoms with Crippen molar-refractivity contribution >= 4 is 23.7 Å². The summed E-state index contributed by atoms with van der Waals surface area (Å²) < 4.78 is 56.5. The van der Waals surface area contributed by atoms with E-state index in [1.54, 1.807) is 0 Å². The lowest BCUT2D eigenvalue weighted by Crippen LogP contribution is -2.50. The molecule has 1 aliphatic rings. The van der Waals surface area contributed by atoms with Crippen LogP contribution < -0.4 is 0 Å². The van der Waals surface area contributed by atoms with Gasteiger partial charge in [-0.15, -0.1) is 0 Å². The first kappa shape index (κ1) is 31.7. The molecule has 0 amide bonds. The normalized spacial score (nSPS) is 20.4. The highest BCUT2D eigenvalue weighted by Gasteiger charge is 2.60. The minimum atomic E-state index is -2.64. The first-order chi connectivity index (χ1) is 22.2. The highest BCUT2D eigenvalue weighted by Crippen LogP contribution is 2.36. The van der Waals surface area contributed by atoms with Crippen molar-refractivity contribution in [3.63, 3.8) is 0 Å². The molecule has 0 saturated carbocycles. The van der Waals surface area contributed by atoms with Gasteiger partial charge in [0.05, 0.1) is 16.7 Å². The van der Waals surface area contributed by atoms with Crippen molar-refractivity contribution in [2.24, 2.45) is 0 Å². The number of aromatic nitrogens is 4. The lowest BCUT2D eigenvalue weighted by Gasteiger charge is -2.30. The number of carbonyl (C=O) groups excluding carboxylic acids is 3. The Labute approximate surface area is 259 Å². The smallest absolute Gasteiger partial charge is 0.343 e. The molecule has 0 bridgehead atoms. The van der Waals surface area contributed by atoms with Crippen LogP contribution in [0, 0.1) is 11.9 Å². The second-order valence-corrected chi connectivity index (χ2v) is 9.67. The third-order valence-corrected chi connectivity index (χ3v) is 6.61. The van der Waals surface area contributed by atoms with Gasteiger partial charge in [0.1, 0.15) is 30.6 Å². The molecule has 236 valence electrons. The largest absolute Gasteiger partial charge is 0.488 e. The van der Waals surface area contributed by atoms with Gasteiger partial charge in [0.25, 0.3) is 0 Å². The summed E-state index contributed by atoms with van der Waals surface area (Å²) in [7, 11) is 0. The summed E-state index contributed by atoms with van der Waals surface area (Å²) in [5.74, 6) is -8.15. The lowest BCUT2D eigenvalue weighted by atomic mass is 10.0. The molecular weight excluding hydrogens is 610 g/mol. The highest BCUT2D eigenvalue weighted by molar-refractivity contribution is 5.90. The van der Waals surface area contributed by atoms with E-state index >= 15 is 0 Å². The van der Waals surface area contributed by atoms with Gasteiger partial charge in [-0.25, -0.2) is 24.4 Å². The van der Waals surface area contributed by atoms with Gasteiger partial charge in [-0.05, 0) is 48.5 Å². The maximum absolute atomic E-state index is 14.4. The summed E-state index contributed by atoms with van der Waals surface area (Å²) in [5.41, 5.74) is -0.718. The second-order valence-electron chi connectivity index (χ2n) is 9.67. The Bertz CT molecular complexity index is 1730. The van der Waals surface area contributed by atoms with Gasteiger partial charge < -0.3 is 28.8 Å². The molecule has 13 nitrogen and oxygen atoms in total. The first-order valence-electron chi connectivity index (χ1n) is 13.5.